The highest BCUT2D eigenvalue weighted by atomic mass is 32.1. The molecule has 0 aromatic carbocycles. The van der Waals surface area contributed by atoms with E-state index in [-0.39, 0.29) is 17.9 Å². The maximum atomic E-state index is 11.2. The third-order valence-corrected chi connectivity index (χ3v) is 4.76. The van der Waals surface area contributed by atoms with Crippen LogP contribution in [-0.2, 0) is 6.54 Å². The summed E-state index contributed by atoms with van der Waals surface area (Å²) in [5.74, 6) is -1.19. The van der Waals surface area contributed by atoms with Crippen molar-refractivity contribution in [1.82, 2.24) is 9.55 Å². The van der Waals surface area contributed by atoms with Crippen molar-refractivity contribution in [3.8, 4) is 0 Å². The molecule has 23 heavy (non-hydrogen) atoms. The Balaban J connectivity index is 1.80. The highest BCUT2D eigenvalue weighted by Crippen LogP contribution is 2.25. The molecule has 1 aliphatic heterocycles. The summed E-state index contributed by atoms with van der Waals surface area (Å²) in [7, 11) is 0. The van der Waals surface area contributed by atoms with Crippen molar-refractivity contribution in [3.05, 3.63) is 39.1 Å². The third-order valence-electron chi connectivity index (χ3n) is 3.81. The van der Waals surface area contributed by atoms with Gasteiger partial charge in [-0.3, -0.25) is 10.1 Å². The lowest BCUT2D eigenvalue weighted by molar-refractivity contribution is -0.384. The number of carboxylic acid groups (broad SMARTS) is 1. The van der Waals surface area contributed by atoms with Crippen LogP contribution in [0.3, 0.4) is 0 Å². The molecule has 2 aromatic rings. The first-order valence-corrected chi connectivity index (χ1v) is 8.20. The van der Waals surface area contributed by atoms with Crippen LogP contribution in [0.5, 0.6) is 0 Å². The van der Waals surface area contributed by atoms with Gasteiger partial charge in [-0.2, -0.15) is 0 Å². The maximum absolute atomic E-state index is 11.2. The number of anilines is 1. The normalized spacial score (nSPS) is 14.9. The van der Waals surface area contributed by atoms with Gasteiger partial charge >= 0.3 is 5.97 Å². The van der Waals surface area contributed by atoms with E-state index in [2.05, 4.69) is 9.88 Å². The van der Waals surface area contributed by atoms with Gasteiger partial charge in [-0.15, -0.1) is 11.3 Å². The van der Waals surface area contributed by atoms with E-state index in [1.165, 1.54) is 28.5 Å². The van der Waals surface area contributed by atoms with E-state index in [1.54, 1.807) is 0 Å². The molecule has 1 saturated heterocycles. The van der Waals surface area contributed by atoms with Gasteiger partial charge in [-0.05, 0) is 19.3 Å². The first kappa shape index (κ1) is 15.5. The average molecular weight is 336 g/mol. The molecule has 0 radical (unpaired) electrons. The minimum atomic E-state index is -1.19. The number of hydrogen-bond acceptors (Lipinski definition) is 6. The summed E-state index contributed by atoms with van der Waals surface area (Å²) in [4.78, 5) is 28.2. The van der Waals surface area contributed by atoms with Crippen molar-refractivity contribution >= 4 is 28.1 Å². The third kappa shape index (κ3) is 3.34. The zero-order chi connectivity index (χ0) is 16.4. The maximum Gasteiger partial charge on any atom is 0.352 e. The number of aromatic carboxylic acids is 1. The molecule has 1 aliphatic rings. The lowest BCUT2D eigenvalue weighted by atomic mass is 10.1. The number of nitro groups is 1. The molecule has 0 spiro atoms. The molecule has 122 valence electrons. The summed E-state index contributed by atoms with van der Waals surface area (Å²) in [6.45, 7) is 2.18. The van der Waals surface area contributed by atoms with Gasteiger partial charge in [-0.1, -0.05) is 0 Å². The van der Waals surface area contributed by atoms with Gasteiger partial charge in [0.25, 0.3) is 5.69 Å². The average Bonchev–Trinajstić information content (AvgIpc) is 3.16. The fraction of sp³-hybridized carbons (Fsp3) is 0.429. The minimum Gasteiger partial charge on any atom is -0.477 e. The Labute approximate surface area is 136 Å². The lowest BCUT2D eigenvalue weighted by Gasteiger charge is -2.25. The van der Waals surface area contributed by atoms with Crippen LogP contribution in [0.2, 0.25) is 0 Å². The number of aromatic nitrogens is 2. The number of thiazole rings is 1. The zero-order valence-electron chi connectivity index (χ0n) is 12.3. The number of carboxylic acids is 1. The lowest BCUT2D eigenvalue weighted by Crippen LogP contribution is -2.29. The van der Waals surface area contributed by atoms with E-state index in [0.29, 0.717) is 5.69 Å². The number of carbonyl (C=O) groups is 1. The van der Waals surface area contributed by atoms with Gasteiger partial charge < -0.3 is 14.6 Å². The molecule has 0 bridgehead atoms. The standard InChI is InChI=1S/C14H16N4O4S/c19-13(20)12-6-11(18(21)22)8-17(12)7-10-9-23-14(15-10)16-4-2-1-3-5-16/h6,8-9H,1-5,7H2,(H,19,20). The summed E-state index contributed by atoms with van der Waals surface area (Å²) < 4.78 is 1.36. The fourth-order valence-electron chi connectivity index (χ4n) is 2.68. The van der Waals surface area contributed by atoms with E-state index in [0.717, 1.165) is 37.1 Å². The smallest absolute Gasteiger partial charge is 0.352 e. The molecule has 0 unspecified atom stereocenters. The highest BCUT2D eigenvalue weighted by Gasteiger charge is 2.20. The van der Waals surface area contributed by atoms with Gasteiger partial charge in [0.1, 0.15) is 5.69 Å². The summed E-state index contributed by atoms with van der Waals surface area (Å²) >= 11 is 1.52. The van der Waals surface area contributed by atoms with Crippen LogP contribution in [0.4, 0.5) is 10.8 Å². The molecule has 1 fully saturated rings. The number of hydrogen-bond donors (Lipinski definition) is 1. The monoisotopic (exact) mass is 336 g/mol. The van der Waals surface area contributed by atoms with Crippen LogP contribution in [0.15, 0.2) is 17.6 Å². The Bertz CT molecular complexity index is 733. The van der Waals surface area contributed by atoms with Gasteiger partial charge in [0, 0.05) is 24.5 Å². The fourth-order valence-corrected chi connectivity index (χ4v) is 3.55. The molecule has 3 heterocycles. The minimum absolute atomic E-state index is 0.107. The number of rotatable bonds is 5. The quantitative estimate of drug-likeness (QED) is 0.665. The van der Waals surface area contributed by atoms with Crippen LogP contribution in [0.25, 0.3) is 0 Å². The molecule has 3 rings (SSSR count). The van der Waals surface area contributed by atoms with E-state index < -0.39 is 10.9 Å². The van der Waals surface area contributed by atoms with Crippen molar-refractivity contribution in [3.63, 3.8) is 0 Å². The zero-order valence-corrected chi connectivity index (χ0v) is 13.2. The Morgan fingerprint density at radius 3 is 2.78 bits per heavy atom. The predicted molar refractivity (Wildman–Crippen MR) is 85.3 cm³/mol. The largest absolute Gasteiger partial charge is 0.477 e. The highest BCUT2D eigenvalue weighted by molar-refractivity contribution is 7.13. The molecule has 0 aliphatic carbocycles. The number of nitrogens with zero attached hydrogens (tertiary/aromatic N) is 4. The first-order chi connectivity index (χ1) is 11.0. The SMILES string of the molecule is O=C(O)c1cc([N+](=O)[O-])cn1Cc1csc(N2CCCCC2)n1. The molecule has 2 aromatic heterocycles. The predicted octanol–water partition coefficient (Wildman–Crippen LogP) is 2.59. The van der Waals surface area contributed by atoms with Crippen LogP contribution >= 0.6 is 11.3 Å². The molecular formula is C14H16N4O4S. The second-order valence-corrected chi connectivity index (χ2v) is 6.28. The van der Waals surface area contributed by atoms with Gasteiger partial charge in [-0.25, -0.2) is 9.78 Å². The Morgan fingerprint density at radius 1 is 1.39 bits per heavy atom. The second kappa shape index (κ2) is 6.37. The Hall–Kier alpha value is -2.42. The van der Waals surface area contributed by atoms with Crippen LogP contribution in [0.1, 0.15) is 35.4 Å². The van der Waals surface area contributed by atoms with Crippen molar-refractivity contribution in [2.24, 2.45) is 0 Å². The molecule has 0 amide bonds. The summed E-state index contributed by atoms with van der Waals surface area (Å²) in [6.07, 6.45) is 4.79. The molecular weight excluding hydrogens is 320 g/mol. The van der Waals surface area contributed by atoms with Crippen LogP contribution < -0.4 is 4.90 Å². The van der Waals surface area contributed by atoms with Crippen molar-refractivity contribution < 1.29 is 14.8 Å². The molecule has 0 atom stereocenters. The first-order valence-electron chi connectivity index (χ1n) is 7.32. The van der Waals surface area contributed by atoms with Gasteiger partial charge in [0.2, 0.25) is 0 Å². The van der Waals surface area contributed by atoms with E-state index >= 15 is 0 Å². The topological polar surface area (TPSA) is 102 Å². The van der Waals surface area contributed by atoms with Crippen LogP contribution in [-0.4, -0.2) is 38.6 Å². The van der Waals surface area contributed by atoms with Crippen molar-refractivity contribution in [1.29, 1.82) is 0 Å². The summed E-state index contributed by atoms with van der Waals surface area (Å²) in [5.41, 5.74) is 0.377. The van der Waals surface area contributed by atoms with Crippen molar-refractivity contribution in [2.75, 3.05) is 18.0 Å². The molecule has 0 saturated carbocycles. The summed E-state index contributed by atoms with van der Waals surface area (Å²) in [6, 6.07) is 1.07. The second-order valence-electron chi connectivity index (χ2n) is 5.44. The number of piperidine rings is 1. The van der Waals surface area contributed by atoms with E-state index in [9.17, 15) is 20.0 Å². The summed E-state index contributed by atoms with van der Waals surface area (Å²) in [5, 5.41) is 22.8. The molecule has 8 nitrogen and oxygen atoms in total. The van der Waals surface area contributed by atoms with E-state index in [4.69, 9.17) is 0 Å². The van der Waals surface area contributed by atoms with E-state index in [1.807, 2.05) is 5.38 Å². The Kier molecular flexibility index (Phi) is 4.28. The van der Waals surface area contributed by atoms with Crippen LogP contribution in [0, 0.1) is 10.1 Å². The molecule has 9 heteroatoms. The van der Waals surface area contributed by atoms with Gasteiger partial charge in [0.05, 0.1) is 23.4 Å². The van der Waals surface area contributed by atoms with Crippen molar-refractivity contribution in [2.45, 2.75) is 25.8 Å². The Morgan fingerprint density at radius 2 is 2.13 bits per heavy atom. The molecule has 1 N–H and O–H groups in total. The van der Waals surface area contributed by atoms with Gasteiger partial charge in [0.15, 0.2) is 5.13 Å².